The number of nitrogens with zero attached hydrogens (tertiary/aromatic N) is 2. The van der Waals surface area contributed by atoms with Crippen LogP contribution >= 0.6 is 0 Å². The summed E-state index contributed by atoms with van der Waals surface area (Å²) >= 11 is 0. The minimum absolute atomic E-state index is 0.222. The van der Waals surface area contributed by atoms with E-state index in [0.29, 0.717) is 18.2 Å². The van der Waals surface area contributed by atoms with Crippen LogP contribution in [0.2, 0.25) is 0 Å². The quantitative estimate of drug-likeness (QED) is 0.844. The molecule has 1 heterocycles. The van der Waals surface area contributed by atoms with Gasteiger partial charge in [-0.2, -0.15) is 0 Å². The fourth-order valence-electron chi connectivity index (χ4n) is 1.46. The molecule has 2 rings (SSSR count). The van der Waals surface area contributed by atoms with Crippen LogP contribution in [0.1, 0.15) is 5.56 Å². The number of anilines is 2. The number of nitrogen functional groups attached to an aromatic ring is 1. The van der Waals surface area contributed by atoms with E-state index < -0.39 is 0 Å². The Morgan fingerprint density at radius 3 is 2.53 bits per heavy atom. The van der Waals surface area contributed by atoms with Crippen molar-refractivity contribution in [3.8, 4) is 0 Å². The van der Waals surface area contributed by atoms with E-state index >= 15 is 0 Å². The molecule has 0 saturated carbocycles. The molecule has 2 aromatic rings. The lowest BCUT2D eigenvalue weighted by molar-refractivity contribution is 0.627. The highest BCUT2D eigenvalue weighted by atomic mass is 19.1. The molecule has 0 spiro atoms. The van der Waals surface area contributed by atoms with E-state index in [1.54, 1.807) is 24.5 Å². The lowest BCUT2D eigenvalue weighted by Crippen LogP contribution is -2.09. The molecule has 0 radical (unpaired) electrons. The first kappa shape index (κ1) is 11.3. The van der Waals surface area contributed by atoms with E-state index in [-0.39, 0.29) is 5.82 Å². The van der Waals surface area contributed by atoms with Crippen LogP contribution in [0.4, 0.5) is 16.0 Å². The first-order valence-corrected chi connectivity index (χ1v) is 5.30. The van der Waals surface area contributed by atoms with Crippen molar-refractivity contribution >= 4 is 11.6 Å². The van der Waals surface area contributed by atoms with Crippen molar-refractivity contribution in [2.45, 2.75) is 6.42 Å². The maximum atomic E-state index is 12.7. The molecule has 5 heteroatoms. The van der Waals surface area contributed by atoms with Crippen molar-refractivity contribution in [1.29, 1.82) is 0 Å². The maximum Gasteiger partial charge on any atom is 0.168 e. The van der Waals surface area contributed by atoms with Gasteiger partial charge in [0.1, 0.15) is 5.82 Å². The maximum absolute atomic E-state index is 12.7. The van der Waals surface area contributed by atoms with Gasteiger partial charge in [-0.05, 0) is 24.1 Å². The van der Waals surface area contributed by atoms with E-state index in [1.807, 2.05) is 0 Å². The van der Waals surface area contributed by atoms with Crippen molar-refractivity contribution in [3.63, 3.8) is 0 Å². The summed E-state index contributed by atoms with van der Waals surface area (Å²) in [4.78, 5) is 7.98. The lowest BCUT2D eigenvalue weighted by Gasteiger charge is -2.06. The number of rotatable bonds is 4. The van der Waals surface area contributed by atoms with Crippen molar-refractivity contribution < 1.29 is 4.39 Å². The van der Waals surface area contributed by atoms with Gasteiger partial charge >= 0.3 is 0 Å². The first-order valence-electron chi connectivity index (χ1n) is 5.30. The molecule has 0 aliphatic rings. The van der Waals surface area contributed by atoms with Crippen LogP contribution in [0.5, 0.6) is 0 Å². The first-order chi connectivity index (χ1) is 8.25. The zero-order valence-electron chi connectivity index (χ0n) is 9.23. The highest BCUT2D eigenvalue weighted by molar-refractivity contribution is 5.54. The molecule has 3 N–H and O–H groups in total. The lowest BCUT2D eigenvalue weighted by atomic mass is 10.1. The Labute approximate surface area is 98.7 Å². The number of benzene rings is 1. The molecule has 4 nitrogen and oxygen atoms in total. The average Bonchev–Trinajstić information content (AvgIpc) is 2.34. The van der Waals surface area contributed by atoms with E-state index in [2.05, 4.69) is 15.3 Å². The van der Waals surface area contributed by atoms with Gasteiger partial charge in [0, 0.05) is 18.9 Å². The van der Waals surface area contributed by atoms with Crippen LogP contribution in [-0.2, 0) is 6.42 Å². The number of aromatic nitrogens is 2. The molecule has 0 unspecified atom stereocenters. The Morgan fingerprint density at radius 1 is 1.12 bits per heavy atom. The Kier molecular flexibility index (Phi) is 3.49. The summed E-state index contributed by atoms with van der Waals surface area (Å²) in [6.45, 7) is 0.675. The average molecular weight is 232 g/mol. The minimum atomic E-state index is -0.222. The van der Waals surface area contributed by atoms with Crippen molar-refractivity contribution in [3.05, 3.63) is 48.0 Å². The smallest absolute Gasteiger partial charge is 0.168 e. The molecule has 88 valence electrons. The Hall–Kier alpha value is -2.17. The molecule has 1 aromatic carbocycles. The SMILES string of the molecule is Nc1nccnc1NCCc1ccc(F)cc1. The highest BCUT2D eigenvalue weighted by Gasteiger charge is 1.99. The number of hydrogen-bond acceptors (Lipinski definition) is 4. The molecular formula is C12H13FN4. The summed E-state index contributed by atoms with van der Waals surface area (Å²) in [5, 5.41) is 3.08. The summed E-state index contributed by atoms with van der Waals surface area (Å²) in [7, 11) is 0. The van der Waals surface area contributed by atoms with E-state index in [1.165, 1.54) is 12.1 Å². The van der Waals surface area contributed by atoms with Gasteiger partial charge in [0.05, 0.1) is 0 Å². The number of hydrogen-bond donors (Lipinski definition) is 2. The van der Waals surface area contributed by atoms with Crippen LogP contribution in [-0.4, -0.2) is 16.5 Å². The monoisotopic (exact) mass is 232 g/mol. The standard InChI is InChI=1S/C12H13FN4/c13-10-3-1-9(2-4-10)5-6-16-12-11(14)15-7-8-17-12/h1-4,7-8H,5-6H2,(H2,14,15)(H,16,17). The molecule has 0 bridgehead atoms. The fraction of sp³-hybridized carbons (Fsp3) is 0.167. The van der Waals surface area contributed by atoms with Crippen molar-refractivity contribution in [1.82, 2.24) is 9.97 Å². The normalized spacial score (nSPS) is 10.2. The minimum Gasteiger partial charge on any atom is -0.381 e. The second-order valence-corrected chi connectivity index (χ2v) is 3.59. The Balaban J connectivity index is 1.88. The predicted molar refractivity (Wildman–Crippen MR) is 65.0 cm³/mol. The summed E-state index contributed by atoms with van der Waals surface area (Å²) in [5.41, 5.74) is 6.69. The van der Waals surface area contributed by atoms with Gasteiger partial charge in [-0.3, -0.25) is 0 Å². The Morgan fingerprint density at radius 2 is 1.82 bits per heavy atom. The summed E-state index contributed by atoms with van der Waals surface area (Å²) < 4.78 is 12.7. The molecule has 1 aromatic heterocycles. The summed E-state index contributed by atoms with van der Waals surface area (Å²) in [6.07, 6.45) is 3.90. The molecule has 0 aliphatic carbocycles. The Bertz CT molecular complexity index is 484. The van der Waals surface area contributed by atoms with Gasteiger partial charge in [-0.15, -0.1) is 0 Å². The predicted octanol–water partition coefficient (Wildman–Crippen LogP) is 1.85. The van der Waals surface area contributed by atoms with Crippen molar-refractivity contribution in [2.24, 2.45) is 0 Å². The van der Waals surface area contributed by atoms with Gasteiger partial charge in [0.15, 0.2) is 11.6 Å². The van der Waals surface area contributed by atoms with Crippen molar-refractivity contribution in [2.75, 3.05) is 17.6 Å². The number of nitrogens with one attached hydrogen (secondary N) is 1. The molecule has 0 aliphatic heterocycles. The van der Waals surface area contributed by atoms with Gasteiger partial charge in [-0.1, -0.05) is 12.1 Å². The molecule has 0 atom stereocenters. The van der Waals surface area contributed by atoms with E-state index in [0.717, 1.165) is 12.0 Å². The van der Waals surface area contributed by atoms with Crippen LogP contribution in [0.25, 0.3) is 0 Å². The zero-order chi connectivity index (χ0) is 12.1. The zero-order valence-corrected chi connectivity index (χ0v) is 9.23. The summed E-state index contributed by atoms with van der Waals surface area (Å²) in [6, 6.07) is 6.42. The van der Waals surface area contributed by atoms with Crippen LogP contribution < -0.4 is 11.1 Å². The van der Waals surface area contributed by atoms with Gasteiger partial charge in [-0.25, -0.2) is 14.4 Å². The third-order valence-electron chi connectivity index (χ3n) is 2.35. The number of nitrogens with two attached hydrogens (primary N) is 1. The highest BCUT2D eigenvalue weighted by Crippen LogP contribution is 2.10. The van der Waals surface area contributed by atoms with Gasteiger partial charge in [0.25, 0.3) is 0 Å². The molecule has 0 amide bonds. The largest absolute Gasteiger partial charge is 0.381 e. The van der Waals surface area contributed by atoms with Gasteiger partial charge in [0.2, 0.25) is 0 Å². The van der Waals surface area contributed by atoms with E-state index in [4.69, 9.17) is 5.73 Å². The second kappa shape index (κ2) is 5.25. The fourth-order valence-corrected chi connectivity index (χ4v) is 1.46. The molecular weight excluding hydrogens is 219 g/mol. The second-order valence-electron chi connectivity index (χ2n) is 3.59. The molecule has 17 heavy (non-hydrogen) atoms. The third-order valence-corrected chi connectivity index (χ3v) is 2.35. The van der Waals surface area contributed by atoms with Crippen LogP contribution in [0, 0.1) is 5.82 Å². The molecule has 0 saturated heterocycles. The van der Waals surface area contributed by atoms with E-state index in [9.17, 15) is 4.39 Å². The third kappa shape index (κ3) is 3.14. The molecule has 0 fully saturated rings. The number of halogens is 1. The van der Waals surface area contributed by atoms with Crippen LogP contribution in [0.3, 0.4) is 0 Å². The topological polar surface area (TPSA) is 63.8 Å². The van der Waals surface area contributed by atoms with Crippen LogP contribution in [0.15, 0.2) is 36.7 Å². The summed E-state index contributed by atoms with van der Waals surface area (Å²) in [5.74, 6) is 0.737. The van der Waals surface area contributed by atoms with Gasteiger partial charge < -0.3 is 11.1 Å².